The van der Waals surface area contributed by atoms with Crippen LogP contribution >= 0.6 is 12.4 Å². The minimum Gasteiger partial charge on any atom is -0.465 e. The Morgan fingerprint density at radius 2 is 1.79 bits per heavy atom. The van der Waals surface area contributed by atoms with Crippen molar-refractivity contribution in [1.82, 2.24) is 14.5 Å². The van der Waals surface area contributed by atoms with Crippen molar-refractivity contribution in [2.45, 2.75) is 18.2 Å². The quantitative estimate of drug-likeness (QED) is 0.144. The molecule has 11 nitrogen and oxygen atoms in total. The molecule has 0 aliphatic heterocycles. The zero-order valence-corrected chi connectivity index (χ0v) is 25.0. The van der Waals surface area contributed by atoms with Crippen molar-refractivity contribution >= 4 is 61.9 Å². The van der Waals surface area contributed by atoms with E-state index >= 15 is 0 Å². The summed E-state index contributed by atoms with van der Waals surface area (Å²) in [6.45, 7) is 1.15. The first-order chi connectivity index (χ1) is 20.1. The molecule has 0 fully saturated rings. The van der Waals surface area contributed by atoms with Gasteiger partial charge in [-0.05, 0) is 42.8 Å². The number of hydrogen-bond donors (Lipinski definition) is 2. The number of aryl methyl sites for hydroxylation is 1. The summed E-state index contributed by atoms with van der Waals surface area (Å²) in [4.78, 5) is 34.6. The van der Waals surface area contributed by atoms with Gasteiger partial charge in [0.15, 0.2) is 0 Å². The molecular formula is C30H29ClN6O5S. The van der Waals surface area contributed by atoms with Crippen molar-refractivity contribution in [3.05, 3.63) is 106 Å². The zero-order valence-electron chi connectivity index (χ0n) is 23.4. The van der Waals surface area contributed by atoms with Crippen LogP contribution in [0.5, 0.6) is 0 Å². The van der Waals surface area contributed by atoms with Crippen LogP contribution in [0.25, 0.3) is 21.9 Å². The highest BCUT2D eigenvalue weighted by molar-refractivity contribution is 7.93. The Labute approximate surface area is 253 Å². The molecule has 2 aromatic heterocycles. The molecule has 0 spiro atoms. The maximum Gasteiger partial charge on any atom is 0.326 e. The van der Waals surface area contributed by atoms with Gasteiger partial charge in [0.05, 0.1) is 28.8 Å². The van der Waals surface area contributed by atoms with Crippen LogP contribution in [0.3, 0.4) is 0 Å². The number of esters is 1. The van der Waals surface area contributed by atoms with Crippen molar-refractivity contribution in [2.24, 2.45) is 12.8 Å². The number of ether oxygens (including phenoxy) is 1. The fraction of sp³-hybridized carbons (Fsp3) is 0.167. The molecule has 5 rings (SSSR count). The molecule has 0 amide bonds. The van der Waals surface area contributed by atoms with E-state index in [2.05, 4.69) is 9.97 Å². The number of halogens is 1. The number of anilines is 1. The largest absolute Gasteiger partial charge is 0.465 e. The Morgan fingerprint density at radius 3 is 2.49 bits per heavy atom. The molecule has 0 bridgehead atoms. The van der Waals surface area contributed by atoms with E-state index in [9.17, 15) is 18.0 Å². The van der Waals surface area contributed by atoms with Crippen LogP contribution < -0.4 is 15.6 Å². The number of rotatable bonds is 9. The topological polar surface area (TPSA) is 161 Å². The molecule has 0 saturated carbocycles. The third-order valence-electron chi connectivity index (χ3n) is 6.79. The second kappa shape index (κ2) is 12.6. The van der Waals surface area contributed by atoms with Crippen molar-refractivity contribution in [2.75, 3.05) is 17.5 Å². The fourth-order valence-electron chi connectivity index (χ4n) is 4.69. The van der Waals surface area contributed by atoms with E-state index in [1.807, 2.05) is 0 Å². The molecule has 0 saturated heterocycles. The Morgan fingerprint density at radius 1 is 1.07 bits per heavy atom. The highest BCUT2D eigenvalue weighted by Gasteiger charge is 2.30. The lowest BCUT2D eigenvalue weighted by Crippen LogP contribution is -2.37. The summed E-state index contributed by atoms with van der Waals surface area (Å²) < 4.78 is 35.7. The summed E-state index contributed by atoms with van der Waals surface area (Å²) in [6, 6.07) is 19.9. The van der Waals surface area contributed by atoms with E-state index in [4.69, 9.17) is 15.9 Å². The Kier molecular flexibility index (Phi) is 9.12. The first-order valence-corrected chi connectivity index (χ1v) is 14.5. The van der Waals surface area contributed by atoms with Crippen LogP contribution in [-0.2, 0) is 33.0 Å². The molecule has 3 N–H and O–H groups in total. The van der Waals surface area contributed by atoms with Gasteiger partial charge in [0.1, 0.15) is 23.0 Å². The van der Waals surface area contributed by atoms with E-state index in [1.54, 1.807) is 68.6 Å². The average molecular weight is 621 g/mol. The normalized spacial score (nSPS) is 11.2. The van der Waals surface area contributed by atoms with E-state index < -0.39 is 22.5 Å². The second-order valence-corrected chi connectivity index (χ2v) is 11.4. The number of nitrogen functional groups attached to an aromatic ring is 1. The Hall–Kier alpha value is -4.81. The summed E-state index contributed by atoms with van der Waals surface area (Å²) in [5.74, 6) is -0.784. The fourth-order valence-corrected chi connectivity index (χ4v) is 6.26. The number of hydrogen-bond acceptors (Lipinski definition) is 8. The Bertz CT molecular complexity index is 2010. The number of nitrogens with two attached hydrogens (primary N) is 1. The van der Waals surface area contributed by atoms with Crippen LogP contribution in [0.1, 0.15) is 23.7 Å². The summed E-state index contributed by atoms with van der Waals surface area (Å²) in [7, 11) is -2.69. The maximum atomic E-state index is 14.1. The summed E-state index contributed by atoms with van der Waals surface area (Å²) in [5, 5.41) is 8.20. The number of sulfonamides is 1. The minimum atomic E-state index is -4.30. The predicted octanol–water partition coefficient (Wildman–Crippen LogP) is 3.54. The number of benzene rings is 3. The number of carbonyl (C=O) groups is 1. The lowest BCUT2D eigenvalue weighted by molar-refractivity contribution is -0.141. The molecule has 3 aromatic carbocycles. The van der Waals surface area contributed by atoms with Crippen LogP contribution in [0.15, 0.2) is 88.7 Å². The van der Waals surface area contributed by atoms with Gasteiger partial charge >= 0.3 is 5.97 Å². The van der Waals surface area contributed by atoms with E-state index in [0.29, 0.717) is 22.0 Å². The van der Waals surface area contributed by atoms with Gasteiger partial charge in [-0.25, -0.2) is 13.4 Å². The molecule has 0 aliphatic rings. The SMILES string of the molecule is CCOC(=O)CN(c1ccc2c(c1)nc(Cc1ccc(C(=N)N)cc1)c(=O)n2C)S(=O)(=O)c1cccc2cccnc12.Cl. The van der Waals surface area contributed by atoms with Gasteiger partial charge in [-0.2, -0.15) is 0 Å². The number of fused-ring (bicyclic) bond motifs is 2. The number of nitrogens with zero attached hydrogens (tertiary/aromatic N) is 4. The molecule has 0 atom stereocenters. The summed E-state index contributed by atoms with van der Waals surface area (Å²) in [6.07, 6.45) is 1.71. The molecule has 0 radical (unpaired) electrons. The van der Waals surface area contributed by atoms with Gasteiger partial charge in [-0.3, -0.25) is 24.3 Å². The molecular weight excluding hydrogens is 592 g/mol. The van der Waals surface area contributed by atoms with E-state index in [-0.39, 0.29) is 58.6 Å². The van der Waals surface area contributed by atoms with Crippen LogP contribution in [0.2, 0.25) is 0 Å². The highest BCUT2D eigenvalue weighted by Crippen LogP contribution is 2.30. The Balaban J connectivity index is 0.00000423. The first kappa shape index (κ1) is 31.1. The zero-order chi connectivity index (χ0) is 30.0. The molecule has 5 aromatic rings. The van der Waals surface area contributed by atoms with E-state index in [1.165, 1.54) is 29.0 Å². The van der Waals surface area contributed by atoms with E-state index in [0.717, 1.165) is 9.87 Å². The highest BCUT2D eigenvalue weighted by atomic mass is 35.5. The summed E-state index contributed by atoms with van der Waals surface area (Å²) in [5.41, 5.74) is 8.13. The minimum absolute atomic E-state index is 0. The molecule has 0 aliphatic carbocycles. The third kappa shape index (κ3) is 6.20. The standard InChI is InChI=1S/C30H28N6O5S.ClH/c1-3-41-27(37)18-36(42(39,40)26-8-4-6-20-7-5-15-33-28(20)26)22-13-14-25-23(17-22)34-24(30(38)35(25)2)16-19-9-11-21(12-10-19)29(31)32;/h4-15,17H,3,16,18H2,1-2H3,(H3,31,32);1H. The number of carbonyl (C=O) groups excluding carboxylic acids is 1. The second-order valence-electron chi connectivity index (χ2n) is 9.53. The van der Waals surface area contributed by atoms with Crippen molar-refractivity contribution in [3.8, 4) is 0 Å². The van der Waals surface area contributed by atoms with Crippen molar-refractivity contribution in [1.29, 1.82) is 5.41 Å². The first-order valence-electron chi connectivity index (χ1n) is 13.0. The van der Waals surface area contributed by atoms with Gasteiger partial charge in [0.25, 0.3) is 15.6 Å². The number of aromatic nitrogens is 3. The monoisotopic (exact) mass is 620 g/mol. The van der Waals surface area contributed by atoms with Gasteiger partial charge < -0.3 is 15.0 Å². The smallest absolute Gasteiger partial charge is 0.326 e. The molecule has 2 heterocycles. The predicted molar refractivity (Wildman–Crippen MR) is 167 cm³/mol. The maximum absolute atomic E-state index is 14.1. The van der Waals surface area contributed by atoms with Crippen molar-refractivity contribution < 1.29 is 17.9 Å². The molecule has 0 unspecified atom stereocenters. The lowest BCUT2D eigenvalue weighted by Gasteiger charge is -2.24. The summed E-state index contributed by atoms with van der Waals surface area (Å²) >= 11 is 0. The molecule has 43 heavy (non-hydrogen) atoms. The van der Waals surface area contributed by atoms with Gasteiger partial charge in [-0.1, -0.05) is 42.5 Å². The number of nitrogens with one attached hydrogen (secondary N) is 1. The van der Waals surface area contributed by atoms with Crippen LogP contribution in [0, 0.1) is 5.41 Å². The average Bonchev–Trinajstić information content (AvgIpc) is 2.98. The van der Waals surface area contributed by atoms with Crippen molar-refractivity contribution in [3.63, 3.8) is 0 Å². The number of pyridine rings is 1. The van der Waals surface area contributed by atoms with Gasteiger partial charge in [0, 0.05) is 30.6 Å². The van der Waals surface area contributed by atoms with Gasteiger partial charge in [0.2, 0.25) is 0 Å². The molecule has 222 valence electrons. The van der Waals surface area contributed by atoms with Crippen LogP contribution in [-0.4, -0.2) is 47.9 Å². The number of amidine groups is 1. The molecule has 13 heteroatoms. The lowest BCUT2D eigenvalue weighted by atomic mass is 10.1. The number of para-hydroxylation sites is 1. The van der Waals surface area contributed by atoms with Crippen LogP contribution in [0.4, 0.5) is 5.69 Å². The third-order valence-corrected chi connectivity index (χ3v) is 8.60. The van der Waals surface area contributed by atoms with Gasteiger partial charge in [-0.15, -0.1) is 12.4 Å².